The van der Waals surface area contributed by atoms with E-state index in [1.165, 1.54) is 0 Å². The van der Waals surface area contributed by atoms with Crippen LogP contribution in [0.15, 0.2) is 35.6 Å². The number of amides is 1. The minimum atomic E-state index is 0.124. The summed E-state index contributed by atoms with van der Waals surface area (Å²) < 4.78 is 1.87. The Morgan fingerprint density at radius 1 is 1.26 bits per heavy atom. The molecule has 0 aliphatic carbocycles. The second-order valence-electron chi connectivity index (χ2n) is 6.43. The van der Waals surface area contributed by atoms with Crippen molar-refractivity contribution in [1.82, 2.24) is 29.9 Å². The van der Waals surface area contributed by atoms with E-state index in [9.17, 15) is 4.79 Å². The number of aliphatic imine (C=N–C) groups is 1. The largest absolute Gasteiger partial charge is 0.349 e. The van der Waals surface area contributed by atoms with E-state index in [2.05, 4.69) is 25.4 Å². The summed E-state index contributed by atoms with van der Waals surface area (Å²) in [6.45, 7) is 3.37. The van der Waals surface area contributed by atoms with E-state index >= 15 is 0 Å². The zero-order chi connectivity index (χ0) is 19.2. The molecule has 9 heteroatoms. The molecule has 1 aromatic heterocycles. The number of nitrogens with one attached hydrogen (secondary N) is 1. The lowest BCUT2D eigenvalue weighted by molar-refractivity contribution is -0.131. The Kier molecular flexibility index (Phi) is 6.28. The number of nitrogens with zero attached hydrogens (tertiary/aromatic N) is 6. The van der Waals surface area contributed by atoms with E-state index < -0.39 is 0 Å². The summed E-state index contributed by atoms with van der Waals surface area (Å²) in [5.74, 6) is 1.77. The fraction of sp³-hybridized carbons (Fsp3) is 0.444. The molecule has 1 amide bonds. The van der Waals surface area contributed by atoms with Gasteiger partial charge in [0.1, 0.15) is 6.33 Å². The summed E-state index contributed by atoms with van der Waals surface area (Å²) in [5, 5.41) is 11.9. The first-order valence-electron chi connectivity index (χ1n) is 8.87. The van der Waals surface area contributed by atoms with Gasteiger partial charge in [0.2, 0.25) is 5.91 Å². The highest BCUT2D eigenvalue weighted by atomic mass is 35.5. The number of aromatic nitrogens is 3. The average Bonchev–Trinajstić information content (AvgIpc) is 3.08. The van der Waals surface area contributed by atoms with Gasteiger partial charge < -0.3 is 19.7 Å². The summed E-state index contributed by atoms with van der Waals surface area (Å²) >= 11 is 6.00. The van der Waals surface area contributed by atoms with Gasteiger partial charge in [-0.15, -0.1) is 10.2 Å². The van der Waals surface area contributed by atoms with E-state index in [0.29, 0.717) is 31.1 Å². The molecule has 1 aliphatic rings. The van der Waals surface area contributed by atoms with Crippen LogP contribution in [0.1, 0.15) is 11.4 Å². The van der Waals surface area contributed by atoms with Gasteiger partial charge in [0.25, 0.3) is 0 Å². The first-order chi connectivity index (χ1) is 13.1. The van der Waals surface area contributed by atoms with E-state index in [4.69, 9.17) is 11.6 Å². The van der Waals surface area contributed by atoms with Gasteiger partial charge in [0, 0.05) is 45.3 Å². The van der Waals surface area contributed by atoms with Gasteiger partial charge in [-0.3, -0.25) is 9.79 Å². The van der Waals surface area contributed by atoms with Crippen LogP contribution in [0.3, 0.4) is 0 Å². The molecule has 0 saturated carbocycles. The van der Waals surface area contributed by atoms with Crippen LogP contribution < -0.4 is 5.32 Å². The van der Waals surface area contributed by atoms with Crippen LogP contribution in [-0.2, 0) is 24.8 Å². The van der Waals surface area contributed by atoms with Gasteiger partial charge in [-0.25, -0.2) is 0 Å². The minimum Gasteiger partial charge on any atom is -0.349 e. The second kappa shape index (κ2) is 8.85. The van der Waals surface area contributed by atoms with Crippen molar-refractivity contribution in [2.24, 2.45) is 12.0 Å². The van der Waals surface area contributed by atoms with Crippen molar-refractivity contribution in [3.8, 4) is 0 Å². The summed E-state index contributed by atoms with van der Waals surface area (Å²) in [4.78, 5) is 20.9. The molecule has 1 fully saturated rings. The topological polar surface area (TPSA) is 78.7 Å². The minimum absolute atomic E-state index is 0.124. The summed E-state index contributed by atoms with van der Waals surface area (Å²) in [6, 6.07) is 7.45. The average molecular weight is 390 g/mol. The predicted molar refractivity (Wildman–Crippen MR) is 105 cm³/mol. The van der Waals surface area contributed by atoms with E-state index in [1.807, 2.05) is 40.8 Å². The maximum atomic E-state index is 12.5. The molecule has 1 N–H and O–H groups in total. The van der Waals surface area contributed by atoms with E-state index in [1.54, 1.807) is 13.4 Å². The Morgan fingerprint density at radius 2 is 2.00 bits per heavy atom. The van der Waals surface area contributed by atoms with Crippen LogP contribution in [0, 0.1) is 0 Å². The summed E-state index contributed by atoms with van der Waals surface area (Å²) in [6.07, 6.45) is 2.05. The first-order valence-corrected chi connectivity index (χ1v) is 9.25. The highest BCUT2D eigenvalue weighted by molar-refractivity contribution is 6.30. The number of hydrogen-bond donors (Lipinski definition) is 1. The van der Waals surface area contributed by atoms with Crippen molar-refractivity contribution in [2.75, 3.05) is 33.2 Å². The normalized spacial score (nSPS) is 15.1. The number of carbonyl (C=O) groups is 1. The lowest BCUT2D eigenvalue weighted by atomic mass is 10.1. The number of benzene rings is 1. The lowest BCUT2D eigenvalue weighted by Crippen LogP contribution is -2.54. The fourth-order valence-electron chi connectivity index (χ4n) is 3.06. The molecular formula is C18H24ClN7O. The predicted octanol–water partition coefficient (Wildman–Crippen LogP) is 0.931. The molecule has 8 nitrogen and oxygen atoms in total. The van der Waals surface area contributed by atoms with Crippen molar-refractivity contribution in [3.63, 3.8) is 0 Å². The third kappa shape index (κ3) is 4.97. The molecule has 2 heterocycles. The number of piperazine rings is 1. The molecular weight excluding hydrogens is 366 g/mol. The standard InChI is InChI=1S/C18H24ClN7O/c1-20-18(21-12-16-23-22-13-24(16)2)26-8-6-25(7-9-26)17(27)11-14-4-3-5-15(19)10-14/h3-5,10,13H,6-9,11-12H2,1-2H3,(H,20,21). The Hall–Kier alpha value is -2.61. The van der Waals surface area contributed by atoms with Crippen LogP contribution in [0.25, 0.3) is 0 Å². The fourth-order valence-corrected chi connectivity index (χ4v) is 3.27. The van der Waals surface area contributed by atoms with Gasteiger partial charge in [0.15, 0.2) is 11.8 Å². The van der Waals surface area contributed by atoms with Gasteiger partial charge in [0.05, 0.1) is 13.0 Å². The number of aryl methyl sites for hydroxylation is 1. The smallest absolute Gasteiger partial charge is 0.227 e. The van der Waals surface area contributed by atoms with Crippen LogP contribution in [-0.4, -0.2) is 69.7 Å². The zero-order valence-corrected chi connectivity index (χ0v) is 16.4. The Bertz CT molecular complexity index is 812. The van der Waals surface area contributed by atoms with Gasteiger partial charge in [-0.2, -0.15) is 0 Å². The molecule has 0 unspecified atom stereocenters. The van der Waals surface area contributed by atoms with E-state index in [0.717, 1.165) is 30.4 Å². The van der Waals surface area contributed by atoms with Crippen LogP contribution >= 0.6 is 11.6 Å². The SMILES string of the molecule is CN=C(NCc1nncn1C)N1CCN(C(=O)Cc2cccc(Cl)c2)CC1. The molecule has 0 spiro atoms. The van der Waals surface area contributed by atoms with E-state index in [-0.39, 0.29) is 5.91 Å². The third-order valence-corrected chi connectivity index (χ3v) is 4.83. The van der Waals surface area contributed by atoms with Crippen molar-refractivity contribution in [2.45, 2.75) is 13.0 Å². The molecule has 2 aromatic rings. The lowest BCUT2D eigenvalue weighted by Gasteiger charge is -2.36. The summed E-state index contributed by atoms with van der Waals surface area (Å²) in [7, 11) is 3.67. The number of carbonyl (C=O) groups excluding carboxylic acids is 1. The van der Waals surface area contributed by atoms with Gasteiger partial charge >= 0.3 is 0 Å². The monoisotopic (exact) mass is 389 g/mol. The Morgan fingerprint density at radius 3 is 2.63 bits per heavy atom. The molecule has 3 rings (SSSR count). The molecule has 0 radical (unpaired) electrons. The highest BCUT2D eigenvalue weighted by Crippen LogP contribution is 2.13. The third-order valence-electron chi connectivity index (χ3n) is 4.60. The molecule has 0 bridgehead atoms. The summed E-state index contributed by atoms with van der Waals surface area (Å²) in [5.41, 5.74) is 0.941. The van der Waals surface area contributed by atoms with Crippen LogP contribution in [0.2, 0.25) is 5.02 Å². The molecule has 144 valence electrons. The molecule has 27 heavy (non-hydrogen) atoms. The molecule has 0 atom stereocenters. The number of hydrogen-bond acceptors (Lipinski definition) is 4. The van der Waals surface area contributed by atoms with Crippen molar-refractivity contribution in [3.05, 3.63) is 47.0 Å². The number of rotatable bonds is 4. The number of halogens is 1. The molecule has 1 saturated heterocycles. The van der Waals surface area contributed by atoms with Crippen molar-refractivity contribution >= 4 is 23.5 Å². The Balaban J connectivity index is 1.49. The van der Waals surface area contributed by atoms with Crippen molar-refractivity contribution < 1.29 is 4.79 Å². The maximum Gasteiger partial charge on any atom is 0.227 e. The zero-order valence-electron chi connectivity index (χ0n) is 15.6. The van der Waals surface area contributed by atoms with Gasteiger partial charge in [-0.1, -0.05) is 23.7 Å². The maximum absolute atomic E-state index is 12.5. The second-order valence-corrected chi connectivity index (χ2v) is 6.87. The quantitative estimate of drug-likeness (QED) is 0.621. The van der Waals surface area contributed by atoms with Crippen molar-refractivity contribution in [1.29, 1.82) is 0 Å². The van der Waals surface area contributed by atoms with Gasteiger partial charge in [-0.05, 0) is 17.7 Å². The first kappa shape index (κ1) is 19.2. The Labute approximate surface area is 163 Å². The number of guanidine groups is 1. The van der Waals surface area contributed by atoms with Crippen LogP contribution in [0.5, 0.6) is 0 Å². The highest BCUT2D eigenvalue weighted by Gasteiger charge is 2.23. The molecule has 1 aromatic carbocycles. The molecule has 1 aliphatic heterocycles. The van der Waals surface area contributed by atoms with Crippen LogP contribution in [0.4, 0.5) is 0 Å².